The number of carbonyl (C=O) groups is 2. The van der Waals surface area contributed by atoms with Crippen LogP contribution in [0.2, 0.25) is 10.0 Å². The van der Waals surface area contributed by atoms with Gasteiger partial charge in [0.25, 0.3) is 0 Å². The molecular weight excluding hydrogens is 504 g/mol. The number of para-hydroxylation sites is 1. The van der Waals surface area contributed by atoms with Crippen molar-refractivity contribution in [1.29, 1.82) is 0 Å². The molecule has 2 aromatic carbocycles. The number of hydrogen-bond acceptors (Lipinski definition) is 4. The number of nitrogens with zero attached hydrogens (tertiary/aromatic N) is 2. The number of sulfonamides is 1. The Morgan fingerprint density at radius 1 is 1.09 bits per heavy atom. The molecule has 0 heterocycles. The Morgan fingerprint density at radius 3 is 2.26 bits per heavy atom. The molecule has 11 heteroatoms. The van der Waals surface area contributed by atoms with E-state index in [1.165, 1.54) is 29.2 Å². The van der Waals surface area contributed by atoms with Gasteiger partial charge >= 0.3 is 0 Å². The first kappa shape index (κ1) is 27.9. The molecule has 0 aliphatic carbocycles. The Hall–Kier alpha value is -2.36. The van der Waals surface area contributed by atoms with Crippen LogP contribution in [0.25, 0.3) is 0 Å². The highest BCUT2D eigenvalue weighted by Gasteiger charge is 2.28. The fraction of sp³-hybridized carbons (Fsp3) is 0.391. The summed E-state index contributed by atoms with van der Waals surface area (Å²) in [5, 5.41) is 3.40. The lowest BCUT2D eigenvalue weighted by atomic mass is 10.1. The molecule has 34 heavy (non-hydrogen) atoms. The van der Waals surface area contributed by atoms with E-state index in [4.69, 9.17) is 23.2 Å². The molecule has 2 rings (SSSR count). The zero-order valence-electron chi connectivity index (χ0n) is 19.2. The summed E-state index contributed by atoms with van der Waals surface area (Å²) >= 11 is 12.5. The van der Waals surface area contributed by atoms with Crippen molar-refractivity contribution in [3.05, 3.63) is 63.9 Å². The van der Waals surface area contributed by atoms with Gasteiger partial charge in [-0.05, 0) is 44.5 Å². The van der Waals surface area contributed by atoms with Crippen LogP contribution in [0.15, 0.2) is 42.5 Å². The van der Waals surface area contributed by atoms with Crippen molar-refractivity contribution in [2.75, 3.05) is 23.7 Å². The van der Waals surface area contributed by atoms with Crippen LogP contribution in [0, 0.1) is 5.82 Å². The Kier molecular flexibility index (Phi) is 10.1. The predicted octanol–water partition coefficient (Wildman–Crippen LogP) is 4.23. The van der Waals surface area contributed by atoms with Gasteiger partial charge in [-0.15, -0.1) is 0 Å². The second-order valence-corrected chi connectivity index (χ2v) is 10.4. The first-order valence-electron chi connectivity index (χ1n) is 10.7. The third kappa shape index (κ3) is 7.32. The maximum absolute atomic E-state index is 14.2. The minimum atomic E-state index is -3.79. The minimum Gasteiger partial charge on any atom is -0.355 e. The van der Waals surface area contributed by atoms with Gasteiger partial charge in [0.15, 0.2) is 0 Å². The quantitative estimate of drug-likeness (QED) is 0.469. The Balaban J connectivity index is 2.22. The van der Waals surface area contributed by atoms with E-state index in [0.29, 0.717) is 22.2 Å². The molecule has 2 amide bonds. The molecule has 0 aromatic heterocycles. The fourth-order valence-corrected chi connectivity index (χ4v) is 4.88. The van der Waals surface area contributed by atoms with Crippen LogP contribution in [-0.2, 0) is 26.2 Å². The Morgan fingerprint density at radius 2 is 1.71 bits per heavy atom. The highest BCUT2D eigenvalue weighted by Crippen LogP contribution is 2.27. The van der Waals surface area contributed by atoms with Crippen molar-refractivity contribution in [2.24, 2.45) is 0 Å². The van der Waals surface area contributed by atoms with Crippen LogP contribution < -0.4 is 9.62 Å². The first-order valence-corrected chi connectivity index (χ1v) is 13.3. The maximum atomic E-state index is 14.2. The van der Waals surface area contributed by atoms with Crippen molar-refractivity contribution >= 4 is 50.7 Å². The maximum Gasteiger partial charge on any atom is 0.242 e. The predicted molar refractivity (Wildman–Crippen MR) is 133 cm³/mol. The van der Waals surface area contributed by atoms with Gasteiger partial charge in [0, 0.05) is 41.7 Å². The van der Waals surface area contributed by atoms with E-state index in [2.05, 4.69) is 5.32 Å². The standard InChI is InChI=1S/C23H28Cl2FN3O4S/c1-4-27-23(31)16(2)28(15-17-18(24)9-7-10-19(17)25)22(30)13-8-14-29(34(3,32)33)21-12-6-5-11-20(21)26/h5-7,9-12,16H,4,8,13-15H2,1-3H3,(H,27,31). The number of nitrogens with one attached hydrogen (secondary N) is 1. The number of hydrogen-bond donors (Lipinski definition) is 1. The fourth-order valence-electron chi connectivity index (χ4n) is 3.39. The number of carbonyl (C=O) groups excluding carboxylic acids is 2. The van der Waals surface area contributed by atoms with Crippen molar-refractivity contribution in [3.63, 3.8) is 0 Å². The third-order valence-electron chi connectivity index (χ3n) is 5.18. The van der Waals surface area contributed by atoms with Gasteiger partial charge in [0.1, 0.15) is 11.9 Å². The average Bonchev–Trinajstić information content (AvgIpc) is 2.76. The Bertz CT molecular complexity index is 1110. The average molecular weight is 532 g/mol. The van der Waals surface area contributed by atoms with Crippen molar-refractivity contribution in [3.8, 4) is 0 Å². The van der Waals surface area contributed by atoms with Gasteiger partial charge in [0.05, 0.1) is 11.9 Å². The number of likely N-dealkylation sites (N-methyl/N-ethyl adjacent to an activating group) is 1. The summed E-state index contributed by atoms with van der Waals surface area (Å²) in [6, 6.07) is 9.66. The molecule has 1 N–H and O–H groups in total. The third-order valence-corrected chi connectivity index (χ3v) is 7.07. The van der Waals surface area contributed by atoms with Gasteiger partial charge in [-0.25, -0.2) is 12.8 Å². The van der Waals surface area contributed by atoms with Crippen LogP contribution in [0.3, 0.4) is 0 Å². The van der Waals surface area contributed by atoms with Gasteiger partial charge in [0.2, 0.25) is 21.8 Å². The van der Waals surface area contributed by atoms with Crippen LogP contribution in [0.5, 0.6) is 0 Å². The van der Waals surface area contributed by atoms with E-state index in [1.54, 1.807) is 32.0 Å². The molecule has 0 fully saturated rings. The normalized spacial score (nSPS) is 12.2. The SMILES string of the molecule is CCNC(=O)C(C)N(Cc1c(Cl)cccc1Cl)C(=O)CCCN(c1ccccc1F)S(C)(=O)=O. The van der Waals surface area contributed by atoms with Gasteiger partial charge < -0.3 is 10.2 Å². The molecule has 1 atom stereocenters. The topological polar surface area (TPSA) is 86.8 Å². The zero-order chi connectivity index (χ0) is 25.5. The lowest BCUT2D eigenvalue weighted by molar-refractivity contribution is -0.140. The van der Waals surface area contributed by atoms with Gasteiger partial charge in [-0.2, -0.15) is 0 Å². The number of halogens is 3. The van der Waals surface area contributed by atoms with Crippen molar-refractivity contribution in [1.82, 2.24) is 10.2 Å². The summed E-state index contributed by atoms with van der Waals surface area (Å²) in [5.41, 5.74) is 0.410. The highest BCUT2D eigenvalue weighted by molar-refractivity contribution is 7.92. The first-order chi connectivity index (χ1) is 16.0. The second kappa shape index (κ2) is 12.4. The molecule has 0 aliphatic heterocycles. The molecular formula is C23H28Cl2FN3O4S. The summed E-state index contributed by atoms with van der Waals surface area (Å²) in [4.78, 5) is 27.0. The number of amides is 2. The van der Waals surface area contributed by atoms with E-state index in [-0.39, 0.29) is 37.5 Å². The van der Waals surface area contributed by atoms with Crippen LogP contribution in [0.4, 0.5) is 10.1 Å². The Labute approximate surface area is 209 Å². The summed E-state index contributed by atoms with van der Waals surface area (Å²) < 4.78 is 39.7. The highest BCUT2D eigenvalue weighted by atomic mass is 35.5. The number of rotatable bonds is 11. The molecule has 0 saturated heterocycles. The van der Waals surface area contributed by atoms with Crippen molar-refractivity contribution < 1.29 is 22.4 Å². The van der Waals surface area contributed by atoms with Gasteiger partial charge in [-0.3, -0.25) is 13.9 Å². The molecule has 2 aromatic rings. The van der Waals surface area contributed by atoms with Gasteiger partial charge in [-0.1, -0.05) is 41.4 Å². The largest absolute Gasteiger partial charge is 0.355 e. The smallest absolute Gasteiger partial charge is 0.242 e. The molecule has 0 aliphatic rings. The van der Waals surface area contributed by atoms with E-state index >= 15 is 0 Å². The summed E-state index contributed by atoms with van der Waals surface area (Å²) in [6.07, 6.45) is 1.01. The van der Waals surface area contributed by atoms with Crippen LogP contribution >= 0.6 is 23.2 Å². The van der Waals surface area contributed by atoms with Crippen LogP contribution in [0.1, 0.15) is 32.3 Å². The van der Waals surface area contributed by atoms with E-state index in [0.717, 1.165) is 10.6 Å². The summed E-state index contributed by atoms with van der Waals surface area (Å²) in [7, 11) is -3.79. The molecule has 0 radical (unpaired) electrons. The van der Waals surface area contributed by atoms with E-state index in [9.17, 15) is 22.4 Å². The summed E-state index contributed by atoms with van der Waals surface area (Å²) in [5.74, 6) is -1.42. The minimum absolute atomic E-state index is 0.00124. The number of anilines is 1. The summed E-state index contributed by atoms with van der Waals surface area (Å²) in [6.45, 7) is 3.64. The monoisotopic (exact) mass is 531 g/mol. The molecule has 0 saturated carbocycles. The van der Waals surface area contributed by atoms with Crippen molar-refractivity contribution in [2.45, 2.75) is 39.3 Å². The molecule has 0 bridgehead atoms. The number of benzene rings is 2. The van der Waals surface area contributed by atoms with Crippen LogP contribution in [-0.4, -0.2) is 50.5 Å². The van der Waals surface area contributed by atoms with E-state index in [1.807, 2.05) is 0 Å². The second-order valence-electron chi connectivity index (χ2n) is 7.68. The molecule has 7 nitrogen and oxygen atoms in total. The molecule has 186 valence electrons. The lowest BCUT2D eigenvalue weighted by Crippen LogP contribution is -2.47. The molecule has 1 unspecified atom stereocenters. The van der Waals surface area contributed by atoms with E-state index < -0.39 is 27.8 Å². The molecule has 0 spiro atoms. The lowest BCUT2D eigenvalue weighted by Gasteiger charge is -2.30. The zero-order valence-corrected chi connectivity index (χ0v) is 21.6.